The number of rotatable bonds is 5. The molecule has 7 atom stereocenters. The van der Waals surface area contributed by atoms with Gasteiger partial charge in [0.25, 0.3) is 0 Å². The van der Waals surface area contributed by atoms with Crippen molar-refractivity contribution in [2.24, 2.45) is 51.1 Å². The lowest BCUT2D eigenvalue weighted by molar-refractivity contribution is -0.165. The van der Waals surface area contributed by atoms with Crippen molar-refractivity contribution >= 4 is 17.3 Å². The smallest absolute Gasteiger partial charge is 0.142 e. The number of nitrogens with two attached hydrogens (primary N) is 1. The largest absolute Gasteiger partial charge is 0.396 e. The van der Waals surface area contributed by atoms with Gasteiger partial charge in [-0.2, -0.15) is 0 Å². The van der Waals surface area contributed by atoms with E-state index in [0.29, 0.717) is 38.0 Å². The van der Waals surface area contributed by atoms with Crippen molar-refractivity contribution in [1.82, 2.24) is 0 Å². The minimum absolute atomic E-state index is 0.0239. The van der Waals surface area contributed by atoms with Crippen LogP contribution in [0.3, 0.4) is 0 Å². The molecule has 6 heteroatoms. The number of hydrogen-bond donors (Lipinski definition) is 2. The predicted molar refractivity (Wildman–Crippen MR) is 110 cm³/mol. The summed E-state index contributed by atoms with van der Waals surface area (Å²) in [6.07, 6.45) is 6.00. The fourth-order valence-corrected chi connectivity index (χ4v) is 7.39. The van der Waals surface area contributed by atoms with Crippen LogP contribution < -0.4 is 5.73 Å². The second-order valence-corrected chi connectivity index (χ2v) is 10.2. The molecule has 4 saturated carbocycles. The topological polar surface area (TPSA) is 102 Å². The Morgan fingerprint density at radius 3 is 2.66 bits per heavy atom. The Labute approximate surface area is 173 Å². The van der Waals surface area contributed by atoms with Gasteiger partial charge in [0.15, 0.2) is 0 Å². The molecule has 0 aliphatic heterocycles. The first kappa shape index (κ1) is 21.1. The van der Waals surface area contributed by atoms with Gasteiger partial charge >= 0.3 is 0 Å². The summed E-state index contributed by atoms with van der Waals surface area (Å²) in [4.78, 5) is 30.9. The number of Topliss-reactive ketones (excluding diaryl/α,β-unsaturated/α-hetero) is 2. The van der Waals surface area contributed by atoms with E-state index in [-0.39, 0.29) is 46.9 Å². The number of hydrogen-bond acceptors (Lipinski definition) is 6. The van der Waals surface area contributed by atoms with Crippen LogP contribution in [0.2, 0.25) is 0 Å². The third-order valence-electron chi connectivity index (χ3n) is 9.10. The molecule has 29 heavy (non-hydrogen) atoms. The van der Waals surface area contributed by atoms with E-state index in [4.69, 9.17) is 10.5 Å². The summed E-state index contributed by atoms with van der Waals surface area (Å²) in [5, 5.41) is 10.2. The Balaban J connectivity index is 1.61. The van der Waals surface area contributed by atoms with E-state index in [0.717, 1.165) is 44.2 Å². The van der Waals surface area contributed by atoms with Crippen molar-refractivity contribution in [1.29, 1.82) is 0 Å². The Morgan fingerprint density at radius 1 is 1.14 bits per heavy atom. The van der Waals surface area contributed by atoms with E-state index < -0.39 is 0 Å². The molecule has 4 fully saturated rings. The molecule has 4 aliphatic rings. The lowest BCUT2D eigenvalue weighted by Gasteiger charge is -2.60. The molecule has 6 nitrogen and oxygen atoms in total. The van der Waals surface area contributed by atoms with Gasteiger partial charge in [-0.25, -0.2) is 0 Å². The van der Waals surface area contributed by atoms with Gasteiger partial charge < -0.3 is 15.6 Å². The number of ether oxygens (including phenoxy) is 1. The molecule has 4 aliphatic carbocycles. The van der Waals surface area contributed by atoms with Gasteiger partial charge in [0, 0.05) is 35.9 Å². The highest BCUT2D eigenvalue weighted by molar-refractivity contribution is 5.93. The standard InChI is InChI=1S/C23H36N2O4/c1-22-7-5-14(25-13-29-10-9-24)11-18(22)15(12-26)21(28)20-16-3-4-19(27)23(16,2)8-6-17(20)22/h15-18,20,26H,3-13,24H2,1-2H3. The van der Waals surface area contributed by atoms with Gasteiger partial charge in [0.1, 0.15) is 18.3 Å². The number of aliphatic imine (C=N–C) groups is 1. The van der Waals surface area contributed by atoms with Crippen LogP contribution in [0.25, 0.3) is 0 Å². The van der Waals surface area contributed by atoms with Gasteiger partial charge in [-0.3, -0.25) is 14.6 Å². The van der Waals surface area contributed by atoms with Gasteiger partial charge in [-0.05, 0) is 61.7 Å². The lowest BCUT2D eigenvalue weighted by Crippen LogP contribution is -2.61. The highest BCUT2D eigenvalue weighted by Crippen LogP contribution is 2.65. The minimum Gasteiger partial charge on any atom is -0.396 e. The molecule has 7 unspecified atom stereocenters. The van der Waals surface area contributed by atoms with Crippen LogP contribution in [0, 0.1) is 40.4 Å². The van der Waals surface area contributed by atoms with E-state index in [1.54, 1.807) is 0 Å². The number of aliphatic hydroxyl groups excluding tert-OH is 1. The van der Waals surface area contributed by atoms with Crippen molar-refractivity contribution in [3.8, 4) is 0 Å². The maximum atomic E-state index is 13.6. The summed E-state index contributed by atoms with van der Waals surface area (Å²) in [6.45, 7) is 5.63. The second-order valence-electron chi connectivity index (χ2n) is 10.2. The number of nitrogens with zero attached hydrogens (tertiary/aromatic N) is 1. The average Bonchev–Trinajstić information content (AvgIpc) is 3.01. The Bertz CT molecular complexity index is 707. The van der Waals surface area contributed by atoms with Crippen molar-refractivity contribution in [2.45, 2.75) is 58.8 Å². The SMILES string of the molecule is CC12CCC3C(C(=O)C(CO)C4CC(=NCOCCN)CCC43C)C1CCC2=O. The molecule has 0 aromatic carbocycles. The summed E-state index contributed by atoms with van der Waals surface area (Å²) >= 11 is 0. The highest BCUT2D eigenvalue weighted by atomic mass is 16.5. The van der Waals surface area contributed by atoms with Crippen LogP contribution in [0.1, 0.15) is 58.8 Å². The van der Waals surface area contributed by atoms with Crippen LogP contribution in [0.5, 0.6) is 0 Å². The number of ketones is 2. The first-order chi connectivity index (χ1) is 13.9. The highest BCUT2D eigenvalue weighted by Gasteiger charge is 2.64. The molecule has 0 aromatic heterocycles. The summed E-state index contributed by atoms with van der Waals surface area (Å²) in [6, 6.07) is 0. The third kappa shape index (κ3) is 3.22. The molecule has 0 heterocycles. The number of carbonyl (C=O) groups is 2. The van der Waals surface area contributed by atoms with Crippen molar-refractivity contribution < 1.29 is 19.4 Å². The molecular weight excluding hydrogens is 368 g/mol. The molecule has 0 radical (unpaired) electrons. The van der Waals surface area contributed by atoms with E-state index in [1.807, 2.05) is 0 Å². The number of fused-ring (bicyclic) bond motifs is 5. The third-order valence-corrected chi connectivity index (χ3v) is 9.10. The van der Waals surface area contributed by atoms with Crippen molar-refractivity contribution in [3.05, 3.63) is 0 Å². The maximum absolute atomic E-state index is 13.6. The molecule has 0 amide bonds. The van der Waals surface area contributed by atoms with Crippen LogP contribution >= 0.6 is 0 Å². The van der Waals surface area contributed by atoms with Crippen molar-refractivity contribution in [3.63, 3.8) is 0 Å². The van der Waals surface area contributed by atoms with E-state index >= 15 is 0 Å². The summed E-state index contributed by atoms with van der Waals surface area (Å²) in [7, 11) is 0. The van der Waals surface area contributed by atoms with E-state index in [1.165, 1.54) is 0 Å². The Morgan fingerprint density at radius 2 is 1.93 bits per heavy atom. The molecule has 0 saturated heterocycles. The molecule has 0 spiro atoms. The quantitative estimate of drug-likeness (QED) is 0.685. The monoisotopic (exact) mass is 404 g/mol. The molecule has 162 valence electrons. The zero-order valence-corrected chi connectivity index (χ0v) is 17.9. The second kappa shape index (κ2) is 7.86. The average molecular weight is 405 g/mol. The minimum atomic E-state index is -0.338. The maximum Gasteiger partial charge on any atom is 0.142 e. The normalized spacial score (nSPS) is 45.8. The Kier molecular flexibility index (Phi) is 5.73. The van der Waals surface area contributed by atoms with Gasteiger partial charge in [-0.15, -0.1) is 0 Å². The fraction of sp³-hybridized carbons (Fsp3) is 0.870. The van der Waals surface area contributed by atoms with E-state index in [2.05, 4.69) is 18.8 Å². The lowest BCUT2D eigenvalue weighted by atomic mass is 9.43. The van der Waals surface area contributed by atoms with Gasteiger partial charge in [0.05, 0.1) is 13.2 Å². The van der Waals surface area contributed by atoms with Crippen LogP contribution in [0.4, 0.5) is 0 Å². The number of aliphatic hydroxyl groups is 1. The Hall–Kier alpha value is -1.11. The van der Waals surface area contributed by atoms with Gasteiger partial charge in [0.2, 0.25) is 0 Å². The summed E-state index contributed by atoms with van der Waals surface area (Å²) < 4.78 is 5.41. The zero-order valence-electron chi connectivity index (χ0n) is 17.9. The number of carbonyl (C=O) groups excluding carboxylic acids is 2. The molecular formula is C23H36N2O4. The summed E-state index contributed by atoms with van der Waals surface area (Å²) in [5.74, 6) is 0.766. The van der Waals surface area contributed by atoms with E-state index in [9.17, 15) is 14.7 Å². The van der Waals surface area contributed by atoms with Crippen LogP contribution in [0.15, 0.2) is 4.99 Å². The predicted octanol–water partition coefficient (Wildman–Crippen LogP) is 2.37. The van der Waals surface area contributed by atoms with Crippen molar-refractivity contribution in [2.75, 3.05) is 26.5 Å². The first-order valence-corrected chi connectivity index (χ1v) is 11.3. The molecule has 0 aromatic rings. The molecule has 0 bridgehead atoms. The van der Waals surface area contributed by atoms with Gasteiger partial charge in [-0.1, -0.05) is 13.8 Å². The van der Waals surface area contributed by atoms with Crippen LogP contribution in [-0.2, 0) is 14.3 Å². The first-order valence-electron chi connectivity index (χ1n) is 11.3. The molecule has 3 N–H and O–H groups in total. The van der Waals surface area contributed by atoms with Crippen LogP contribution in [-0.4, -0.2) is 48.9 Å². The fourth-order valence-electron chi connectivity index (χ4n) is 7.39. The summed E-state index contributed by atoms with van der Waals surface area (Å²) in [5.41, 5.74) is 6.26. The molecule has 4 rings (SSSR count). The zero-order chi connectivity index (χ0) is 20.8.